The van der Waals surface area contributed by atoms with Gasteiger partial charge in [-0.2, -0.15) is 0 Å². The highest BCUT2D eigenvalue weighted by Crippen LogP contribution is 2.52. The lowest BCUT2D eigenvalue weighted by molar-refractivity contribution is 0.150. The van der Waals surface area contributed by atoms with Gasteiger partial charge in [0.2, 0.25) is 0 Å². The van der Waals surface area contributed by atoms with Gasteiger partial charge in [0.05, 0.1) is 26.4 Å². The van der Waals surface area contributed by atoms with Gasteiger partial charge in [-0.15, -0.1) is 0 Å². The largest absolute Gasteiger partial charge is 0.380 e. The molecule has 0 aromatic heterocycles. The summed E-state index contributed by atoms with van der Waals surface area (Å²) >= 11 is 0. The van der Waals surface area contributed by atoms with Crippen LogP contribution in [0.25, 0.3) is 10.8 Å². The topological polar surface area (TPSA) is 18.5 Å². The van der Waals surface area contributed by atoms with Crippen molar-refractivity contribution in [2.75, 3.05) is 26.4 Å². The first-order valence-electron chi connectivity index (χ1n) is 7.60. The zero-order chi connectivity index (χ0) is 13.1. The van der Waals surface area contributed by atoms with Crippen molar-refractivity contribution in [3.63, 3.8) is 0 Å². The molecule has 0 amide bonds. The van der Waals surface area contributed by atoms with Gasteiger partial charge >= 0.3 is 0 Å². The van der Waals surface area contributed by atoms with E-state index in [2.05, 4.69) is 36.4 Å². The van der Waals surface area contributed by atoms with Crippen molar-refractivity contribution in [2.24, 2.45) is 11.8 Å². The second-order valence-corrected chi connectivity index (χ2v) is 6.44. The molecule has 2 aromatic carbocycles. The van der Waals surface area contributed by atoms with Crippen molar-refractivity contribution in [3.05, 3.63) is 47.5 Å². The molecule has 2 heterocycles. The lowest BCUT2D eigenvalue weighted by atomic mass is 9.66. The van der Waals surface area contributed by atoms with Crippen LogP contribution in [0.2, 0.25) is 0 Å². The molecule has 5 rings (SSSR count). The molecule has 0 unspecified atom stereocenters. The van der Waals surface area contributed by atoms with Crippen LogP contribution in [-0.2, 0) is 9.47 Å². The van der Waals surface area contributed by atoms with Crippen LogP contribution in [0.1, 0.15) is 23.0 Å². The highest BCUT2D eigenvalue weighted by molar-refractivity contribution is 5.84. The van der Waals surface area contributed by atoms with Crippen LogP contribution in [0, 0.1) is 11.8 Å². The first kappa shape index (κ1) is 11.3. The van der Waals surface area contributed by atoms with Gasteiger partial charge in [0.1, 0.15) is 0 Å². The van der Waals surface area contributed by atoms with E-state index in [-0.39, 0.29) is 0 Å². The standard InChI is InChI=1S/C18H18O2/c1-2-4-12-6-14-13(5-11(12)3-1)15-7-19-9-17(15)18-10-20-8-16(14)18/h1-6,15-18H,7-10H2/t15-,16+,17-,18+. The van der Waals surface area contributed by atoms with Gasteiger partial charge in [-0.25, -0.2) is 0 Å². The Morgan fingerprint density at radius 1 is 0.700 bits per heavy atom. The fourth-order valence-corrected chi connectivity index (χ4v) is 4.54. The molecular weight excluding hydrogens is 248 g/mol. The zero-order valence-electron chi connectivity index (χ0n) is 11.4. The molecule has 0 saturated carbocycles. The number of benzene rings is 2. The van der Waals surface area contributed by atoms with Crippen LogP contribution in [0.15, 0.2) is 36.4 Å². The molecule has 2 aliphatic heterocycles. The third-order valence-electron chi connectivity index (χ3n) is 5.55. The van der Waals surface area contributed by atoms with Crippen molar-refractivity contribution < 1.29 is 9.47 Å². The maximum atomic E-state index is 5.81. The minimum absolute atomic E-state index is 0.581. The van der Waals surface area contributed by atoms with Gasteiger partial charge in [-0.3, -0.25) is 0 Å². The predicted molar refractivity (Wildman–Crippen MR) is 78.0 cm³/mol. The summed E-state index contributed by atoms with van der Waals surface area (Å²) in [7, 11) is 0. The van der Waals surface area contributed by atoms with Gasteiger partial charge in [0.15, 0.2) is 0 Å². The normalized spacial score (nSPS) is 34.8. The Bertz CT molecular complexity index is 620. The Morgan fingerprint density at radius 3 is 1.70 bits per heavy atom. The van der Waals surface area contributed by atoms with Gasteiger partial charge in [0, 0.05) is 11.8 Å². The highest BCUT2D eigenvalue weighted by Gasteiger charge is 2.48. The zero-order valence-corrected chi connectivity index (χ0v) is 11.4. The van der Waals surface area contributed by atoms with Crippen molar-refractivity contribution in [1.29, 1.82) is 0 Å². The third-order valence-corrected chi connectivity index (χ3v) is 5.55. The second-order valence-electron chi connectivity index (χ2n) is 6.44. The first-order valence-corrected chi connectivity index (χ1v) is 7.60. The number of hydrogen-bond acceptors (Lipinski definition) is 2. The Hall–Kier alpha value is -1.38. The van der Waals surface area contributed by atoms with E-state index in [1.54, 1.807) is 0 Å². The van der Waals surface area contributed by atoms with Gasteiger partial charge in [-0.1, -0.05) is 36.4 Å². The van der Waals surface area contributed by atoms with Crippen molar-refractivity contribution >= 4 is 10.8 Å². The van der Waals surface area contributed by atoms with Crippen molar-refractivity contribution in [2.45, 2.75) is 11.8 Å². The van der Waals surface area contributed by atoms with Gasteiger partial charge < -0.3 is 9.47 Å². The Balaban J connectivity index is 1.77. The van der Waals surface area contributed by atoms with Crippen LogP contribution in [0.4, 0.5) is 0 Å². The van der Waals surface area contributed by atoms with E-state index in [9.17, 15) is 0 Å². The average Bonchev–Trinajstić information content (AvgIpc) is 3.14. The summed E-state index contributed by atoms with van der Waals surface area (Å²) in [6.45, 7) is 3.61. The molecule has 0 radical (unpaired) electrons. The highest BCUT2D eigenvalue weighted by atomic mass is 16.5. The molecule has 1 aliphatic carbocycles. The van der Waals surface area contributed by atoms with E-state index in [0.29, 0.717) is 23.7 Å². The molecule has 2 fully saturated rings. The van der Waals surface area contributed by atoms with E-state index in [1.807, 2.05) is 0 Å². The molecule has 2 aromatic rings. The molecule has 2 saturated heterocycles. The van der Waals surface area contributed by atoms with Crippen LogP contribution in [0.5, 0.6) is 0 Å². The summed E-state index contributed by atoms with van der Waals surface area (Å²) in [5.74, 6) is 2.49. The monoisotopic (exact) mass is 266 g/mol. The van der Waals surface area contributed by atoms with Gasteiger partial charge in [-0.05, 0) is 33.7 Å². The van der Waals surface area contributed by atoms with Crippen LogP contribution < -0.4 is 0 Å². The smallest absolute Gasteiger partial charge is 0.0538 e. The quantitative estimate of drug-likeness (QED) is 0.728. The fourth-order valence-electron chi connectivity index (χ4n) is 4.54. The summed E-state index contributed by atoms with van der Waals surface area (Å²) in [6.07, 6.45) is 0. The minimum atomic E-state index is 0.581. The third kappa shape index (κ3) is 1.41. The Labute approximate surface area is 118 Å². The van der Waals surface area contributed by atoms with Crippen LogP contribution in [0.3, 0.4) is 0 Å². The summed E-state index contributed by atoms with van der Waals surface area (Å²) < 4.78 is 11.6. The Morgan fingerprint density at radius 2 is 1.20 bits per heavy atom. The summed E-state index contributed by atoms with van der Waals surface area (Å²) in [5, 5.41) is 2.71. The lowest BCUT2D eigenvalue weighted by Crippen LogP contribution is -2.31. The van der Waals surface area contributed by atoms with E-state index in [1.165, 1.54) is 21.9 Å². The van der Waals surface area contributed by atoms with E-state index < -0.39 is 0 Å². The summed E-state index contributed by atoms with van der Waals surface area (Å²) in [4.78, 5) is 0. The SMILES string of the molecule is c1ccc2cc3c(cc2c1)[C@H]1COC[C@H]1[C@H]1COC[C@@H]31. The minimum Gasteiger partial charge on any atom is -0.380 e. The van der Waals surface area contributed by atoms with Crippen LogP contribution in [-0.4, -0.2) is 26.4 Å². The summed E-state index contributed by atoms with van der Waals surface area (Å²) in [6, 6.07) is 13.5. The average molecular weight is 266 g/mol. The number of ether oxygens (including phenoxy) is 2. The summed E-state index contributed by atoms with van der Waals surface area (Å²) in [5.41, 5.74) is 3.05. The maximum absolute atomic E-state index is 5.81. The molecule has 2 nitrogen and oxygen atoms in total. The fraction of sp³-hybridized carbons (Fsp3) is 0.444. The maximum Gasteiger partial charge on any atom is 0.0538 e. The van der Waals surface area contributed by atoms with E-state index >= 15 is 0 Å². The lowest BCUT2D eigenvalue weighted by Gasteiger charge is -2.36. The molecule has 4 atom stereocenters. The molecule has 102 valence electrons. The first-order chi connectivity index (χ1) is 9.92. The molecule has 0 spiro atoms. The van der Waals surface area contributed by atoms with Crippen LogP contribution >= 0.6 is 0 Å². The molecule has 0 bridgehead atoms. The molecule has 2 heteroatoms. The second kappa shape index (κ2) is 4.06. The van der Waals surface area contributed by atoms with Gasteiger partial charge in [0.25, 0.3) is 0 Å². The molecule has 20 heavy (non-hydrogen) atoms. The predicted octanol–water partition coefficient (Wildman–Crippen LogP) is 3.31. The number of hydrogen-bond donors (Lipinski definition) is 0. The van der Waals surface area contributed by atoms with E-state index in [0.717, 1.165) is 26.4 Å². The van der Waals surface area contributed by atoms with Crippen molar-refractivity contribution in [3.8, 4) is 0 Å². The van der Waals surface area contributed by atoms with Crippen molar-refractivity contribution in [1.82, 2.24) is 0 Å². The number of fused-ring (bicyclic) bond motifs is 7. The molecule has 3 aliphatic rings. The molecule has 0 N–H and O–H groups in total. The molecular formula is C18H18O2. The Kier molecular flexibility index (Phi) is 2.29. The number of rotatable bonds is 0. The van der Waals surface area contributed by atoms with E-state index in [4.69, 9.17) is 9.47 Å².